The summed E-state index contributed by atoms with van der Waals surface area (Å²) < 4.78 is 40.2. The fourth-order valence-electron chi connectivity index (χ4n) is 2.82. The third kappa shape index (κ3) is 2.87. The van der Waals surface area contributed by atoms with Crippen LogP contribution in [0.25, 0.3) is 0 Å². The summed E-state index contributed by atoms with van der Waals surface area (Å²) >= 11 is 0. The Kier molecular flexibility index (Phi) is 4.46. The summed E-state index contributed by atoms with van der Waals surface area (Å²) in [4.78, 5) is 0.241. The Balaban J connectivity index is 2.32. The van der Waals surface area contributed by atoms with E-state index >= 15 is 0 Å². The number of sulfonamides is 1. The van der Waals surface area contributed by atoms with Gasteiger partial charge in [-0.05, 0) is 62.4 Å². The molecule has 1 aliphatic rings. The molecule has 1 aromatic carbocycles. The minimum Gasteiger partial charge on any atom is -0.330 e. The number of piperidine rings is 1. The average molecular weight is 300 g/mol. The van der Waals surface area contributed by atoms with Crippen molar-refractivity contribution in [1.29, 1.82) is 0 Å². The predicted octanol–water partition coefficient (Wildman–Crippen LogP) is 1.80. The maximum absolute atomic E-state index is 13.3. The molecule has 6 heteroatoms. The van der Waals surface area contributed by atoms with E-state index in [1.54, 1.807) is 13.8 Å². The summed E-state index contributed by atoms with van der Waals surface area (Å²) in [5.74, 6) is -0.00217. The molecule has 0 aromatic heterocycles. The Labute approximate surface area is 119 Å². The molecule has 0 amide bonds. The molecule has 4 nitrogen and oxygen atoms in total. The van der Waals surface area contributed by atoms with Crippen LogP contribution >= 0.6 is 0 Å². The van der Waals surface area contributed by atoms with Gasteiger partial charge in [-0.3, -0.25) is 0 Å². The summed E-state index contributed by atoms with van der Waals surface area (Å²) in [6.07, 6.45) is 1.57. The molecule has 1 fully saturated rings. The van der Waals surface area contributed by atoms with Crippen LogP contribution in [0.2, 0.25) is 0 Å². The predicted molar refractivity (Wildman–Crippen MR) is 76.4 cm³/mol. The number of nitrogens with zero attached hydrogens (tertiary/aromatic N) is 1. The molecule has 2 N–H and O–H groups in total. The summed E-state index contributed by atoms with van der Waals surface area (Å²) in [7, 11) is -3.55. The van der Waals surface area contributed by atoms with E-state index in [9.17, 15) is 12.8 Å². The lowest BCUT2D eigenvalue weighted by atomic mass is 9.99. The molecule has 2 rings (SSSR count). The number of hydrogen-bond acceptors (Lipinski definition) is 3. The van der Waals surface area contributed by atoms with Crippen LogP contribution in [0.1, 0.15) is 24.0 Å². The van der Waals surface area contributed by atoms with Gasteiger partial charge in [0.1, 0.15) is 5.82 Å². The van der Waals surface area contributed by atoms with E-state index in [4.69, 9.17) is 5.73 Å². The smallest absolute Gasteiger partial charge is 0.243 e. The Bertz CT molecular complexity index is 570. The van der Waals surface area contributed by atoms with Crippen molar-refractivity contribution in [2.24, 2.45) is 11.7 Å². The molecule has 1 heterocycles. The number of nitrogens with two attached hydrogens (primary N) is 1. The molecule has 0 radical (unpaired) electrons. The van der Waals surface area contributed by atoms with Crippen molar-refractivity contribution < 1.29 is 12.8 Å². The minimum absolute atomic E-state index is 0.241. The Morgan fingerprint density at radius 1 is 1.25 bits per heavy atom. The lowest BCUT2D eigenvalue weighted by molar-refractivity contribution is 0.278. The zero-order valence-electron chi connectivity index (χ0n) is 11.9. The van der Waals surface area contributed by atoms with Gasteiger partial charge in [0.2, 0.25) is 10.0 Å². The highest BCUT2D eigenvalue weighted by Crippen LogP contribution is 2.28. The minimum atomic E-state index is -3.55. The second kappa shape index (κ2) is 5.79. The van der Waals surface area contributed by atoms with Crippen molar-refractivity contribution in [2.75, 3.05) is 19.6 Å². The summed E-state index contributed by atoms with van der Waals surface area (Å²) in [6.45, 7) is 4.84. The van der Waals surface area contributed by atoms with Gasteiger partial charge in [-0.15, -0.1) is 0 Å². The third-order valence-corrected chi connectivity index (χ3v) is 6.13. The monoisotopic (exact) mass is 300 g/mol. The first-order chi connectivity index (χ1) is 9.36. The molecule has 1 saturated heterocycles. The van der Waals surface area contributed by atoms with E-state index in [2.05, 4.69) is 0 Å². The fourth-order valence-corrected chi connectivity index (χ4v) is 4.70. The van der Waals surface area contributed by atoms with Crippen LogP contribution in [-0.2, 0) is 10.0 Å². The topological polar surface area (TPSA) is 63.4 Å². The Morgan fingerprint density at radius 2 is 1.75 bits per heavy atom. The molecule has 1 aliphatic heterocycles. The van der Waals surface area contributed by atoms with Gasteiger partial charge >= 0.3 is 0 Å². The van der Waals surface area contributed by atoms with Gasteiger partial charge in [0, 0.05) is 13.1 Å². The zero-order valence-corrected chi connectivity index (χ0v) is 12.7. The normalized spacial score (nSPS) is 18.4. The molecule has 112 valence electrons. The number of aryl methyl sites for hydroxylation is 2. The van der Waals surface area contributed by atoms with Crippen molar-refractivity contribution in [3.8, 4) is 0 Å². The third-order valence-electron chi connectivity index (χ3n) is 3.93. The van der Waals surface area contributed by atoms with Crippen molar-refractivity contribution >= 4 is 10.0 Å². The lowest BCUT2D eigenvalue weighted by Gasteiger charge is -2.31. The van der Waals surface area contributed by atoms with Gasteiger partial charge in [-0.1, -0.05) is 0 Å². The highest BCUT2D eigenvalue weighted by atomic mass is 32.2. The maximum atomic E-state index is 13.3. The van der Waals surface area contributed by atoms with Crippen LogP contribution < -0.4 is 5.73 Å². The molecule has 0 spiro atoms. The lowest BCUT2D eigenvalue weighted by Crippen LogP contribution is -2.40. The molecular formula is C14H21FN2O2S. The van der Waals surface area contributed by atoms with Crippen molar-refractivity contribution in [1.82, 2.24) is 4.31 Å². The van der Waals surface area contributed by atoms with Crippen LogP contribution in [0.15, 0.2) is 17.0 Å². The van der Waals surface area contributed by atoms with E-state index in [-0.39, 0.29) is 4.90 Å². The molecule has 0 atom stereocenters. The molecule has 0 unspecified atom stereocenters. The molecule has 0 saturated carbocycles. The van der Waals surface area contributed by atoms with Gasteiger partial charge in [0.25, 0.3) is 0 Å². The number of halogens is 1. The van der Waals surface area contributed by atoms with Gasteiger partial charge in [-0.2, -0.15) is 4.31 Å². The van der Waals surface area contributed by atoms with E-state index in [1.807, 2.05) is 0 Å². The Morgan fingerprint density at radius 3 is 2.20 bits per heavy atom. The number of hydrogen-bond donors (Lipinski definition) is 1. The summed E-state index contributed by atoms with van der Waals surface area (Å²) in [5, 5.41) is 0. The standard InChI is InChI=1S/C14H21FN2O2S/c1-10-7-13(15)8-11(2)14(10)20(18,19)17-5-3-12(9-16)4-6-17/h7-8,12H,3-6,9,16H2,1-2H3. The first-order valence-electron chi connectivity index (χ1n) is 6.83. The molecule has 0 bridgehead atoms. The van der Waals surface area contributed by atoms with Crippen LogP contribution in [-0.4, -0.2) is 32.4 Å². The molecular weight excluding hydrogens is 279 g/mol. The number of benzene rings is 1. The SMILES string of the molecule is Cc1cc(F)cc(C)c1S(=O)(=O)N1CCC(CN)CC1. The fraction of sp³-hybridized carbons (Fsp3) is 0.571. The first kappa shape index (κ1) is 15.4. The van der Waals surface area contributed by atoms with Gasteiger partial charge in [0.05, 0.1) is 4.90 Å². The first-order valence-corrected chi connectivity index (χ1v) is 8.27. The van der Waals surface area contributed by atoms with Crippen molar-refractivity contribution in [3.63, 3.8) is 0 Å². The van der Waals surface area contributed by atoms with E-state index in [0.717, 1.165) is 12.8 Å². The van der Waals surface area contributed by atoms with Crippen LogP contribution in [0.4, 0.5) is 4.39 Å². The molecule has 20 heavy (non-hydrogen) atoms. The quantitative estimate of drug-likeness (QED) is 0.926. The molecule has 1 aromatic rings. The highest BCUT2D eigenvalue weighted by molar-refractivity contribution is 7.89. The second-order valence-electron chi connectivity index (χ2n) is 5.45. The average Bonchev–Trinajstić information content (AvgIpc) is 2.37. The van der Waals surface area contributed by atoms with Gasteiger partial charge < -0.3 is 5.73 Å². The summed E-state index contributed by atoms with van der Waals surface area (Å²) in [6, 6.07) is 2.54. The molecule has 0 aliphatic carbocycles. The van der Waals surface area contributed by atoms with E-state index < -0.39 is 15.8 Å². The van der Waals surface area contributed by atoms with Crippen LogP contribution in [0.3, 0.4) is 0 Å². The van der Waals surface area contributed by atoms with Gasteiger partial charge in [0.15, 0.2) is 0 Å². The summed E-state index contributed by atoms with van der Waals surface area (Å²) in [5.41, 5.74) is 6.55. The maximum Gasteiger partial charge on any atom is 0.243 e. The van der Waals surface area contributed by atoms with E-state index in [1.165, 1.54) is 16.4 Å². The highest BCUT2D eigenvalue weighted by Gasteiger charge is 2.31. The Hall–Kier alpha value is -0.980. The van der Waals surface area contributed by atoms with Crippen LogP contribution in [0, 0.1) is 25.6 Å². The van der Waals surface area contributed by atoms with Crippen molar-refractivity contribution in [3.05, 3.63) is 29.1 Å². The second-order valence-corrected chi connectivity index (χ2v) is 7.33. The van der Waals surface area contributed by atoms with Crippen LogP contribution in [0.5, 0.6) is 0 Å². The largest absolute Gasteiger partial charge is 0.330 e. The number of rotatable bonds is 3. The van der Waals surface area contributed by atoms with Gasteiger partial charge in [-0.25, -0.2) is 12.8 Å². The van der Waals surface area contributed by atoms with Crippen molar-refractivity contribution in [2.45, 2.75) is 31.6 Å². The van der Waals surface area contributed by atoms with E-state index in [0.29, 0.717) is 36.7 Å². The zero-order chi connectivity index (χ0) is 14.9.